The van der Waals surface area contributed by atoms with Crippen LogP contribution in [0.1, 0.15) is 34.5 Å². The number of epoxide rings is 1. The first kappa shape index (κ1) is 68.2. The molecule has 0 bridgehead atoms. The molecule has 1 fully saturated rings. The van der Waals surface area contributed by atoms with E-state index in [1.54, 1.807) is 24.3 Å². The molecule has 20 heteroatoms. The van der Waals surface area contributed by atoms with Crippen molar-refractivity contribution in [2.75, 3.05) is 39.5 Å². The first-order valence-corrected chi connectivity index (χ1v) is 38.4. The van der Waals surface area contributed by atoms with Crippen LogP contribution >= 0.6 is 59.8 Å². The minimum absolute atomic E-state index is 0. The summed E-state index contributed by atoms with van der Waals surface area (Å²) in [5.41, 5.74) is 8.31. The van der Waals surface area contributed by atoms with E-state index in [-0.39, 0.29) is 62.0 Å². The van der Waals surface area contributed by atoms with Gasteiger partial charge in [-0.3, -0.25) is 30.1 Å². The predicted molar refractivity (Wildman–Crippen MR) is 336 cm³/mol. The summed E-state index contributed by atoms with van der Waals surface area (Å²) >= 11 is 7.20. The van der Waals surface area contributed by atoms with Crippen LogP contribution in [-0.4, -0.2) is 69.3 Å². The summed E-state index contributed by atoms with van der Waals surface area (Å²) in [6.45, 7) is 4.97. The van der Waals surface area contributed by atoms with E-state index in [2.05, 4.69) is 135 Å². The third-order valence-corrected chi connectivity index (χ3v) is 12.3. The molecule has 1 aliphatic heterocycles. The number of aliphatic hydroxyl groups is 1. The molecule has 4 N–H and O–H groups in total. The third-order valence-electron chi connectivity index (χ3n) is 12.3. The van der Waals surface area contributed by atoms with Crippen LogP contribution in [0.4, 0.5) is 11.4 Å². The van der Waals surface area contributed by atoms with Crippen LogP contribution in [0.5, 0.6) is 11.5 Å². The van der Waals surface area contributed by atoms with Crippen molar-refractivity contribution in [1.29, 1.82) is 0 Å². The number of nitrogens with zero attached hydrogens (tertiary/aromatic N) is 3. The first-order valence-electron chi connectivity index (χ1n) is 24.4. The maximum Gasteiger partial charge on any atom is 0.269 e. The molecule has 0 amide bonds. The van der Waals surface area contributed by atoms with Gasteiger partial charge in [0, 0.05) is 139 Å². The average Bonchev–Trinajstić information content (AvgIpc) is 4.18. The second-order valence-corrected chi connectivity index (χ2v) is 33.7. The normalized spacial score (nSPS) is 12.3. The molecule has 3 heterocycles. The molecular formula is C60H59I4N6O8V2-3. The average molecular weight is 1600 g/mol. The van der Waals surface area contributed by atoms with Gasteiger partial charge in [-0.25, -0.2) is 0 Å². The van der Waals surface area contributed by atoms with Crippen LogP contribution in [0.3, 0.4) is 0 Å². The van der Waals surface area contributed by atoms with Crippen LogP contribution in [0.15, 0.2) is 194 Å². The maximum atomic E-state index is 11.1. The number of H-pyrrole nitrogens is 2. The zero-order chi connectivity index (χ0) is 54.4. The van der Waals surface area contributed by atoms with Crippen LogP contribution in [0.25, 0.3) is 43.6 Å². The molecule has 2 aromatic heterocycles. The molecule has 10 aromatic rings. The number of para-hydroxylation sites is 2. The van der Waals surface area contributed by atoms with E-state index in [0.29, 0.717) is 58.3 Å². The number of nitro benzene ring substituents is 2. The molecule has 1 saturated heterocycles. The third kappa shape index (κ3) is 20.8. The van der Waals surface area contributed by atoms with E-state index in [0.717, 1.165) is 63.2 Å². The largest absolute Gasteiger partial charge is 0.492 e. The van der Waals surface area contributed by atoms with Crippen molar-refractivity contribution in [1.82, 2.24) is 20.2 Å². The molecule has 2 unspecified atom stereocenters. The monoisotopic (exact) mass is 1600 g/mol. The van der Waals surface area contributed by atoms with Gasteiger partial charge in [-0.15, -0.1) is 0 Å². The molecule has 0 aliphatic carbocycles. The van der Waals surface area contributed by atoms with Crippen LogP contribution in [0.2, 0.25) is 0 Å². The Morgan fingerprint density at radius 2 is 1.11 bits per heavy atom. The summed E-state index contributed by atoms with van der Waals surface area (Å²) < 4.78 is 17.0. The van der Waals surface area contributed by atoms with Gasteiger partial charge in [0.2, 0.25) is 0 Å². The Morgan fingerprint density at radius 1 is 0.637 bits per heavy atom. The maximum absolute atomic E-state index is 11.1. The number of rotatable bonds is 18. The molecule has 0 saturated carbocycles. The summed E-state index contributed by atoms with van der Waals surface area (Å²) in [5.74, 6) is 1.67. The molecule has 1 aliphatic rings. The van der Waals surface area contributed by atoms with E-state index in [9.17, 15) is 25.3 Å². The standard InChI is InChI=1S/C29H27N3O4.C21H20N2O.C8H7NO3.CH2I.CH3.I3.2V/c33-29(22-9-6-10-23(17-22)32(34)35)20-31(19-21-7-2-1-3-8-21)15-16-36-24-13-14-26-25-11-4-5-12-27(25)30-28(26)18-24;1-2-6-16(7-3-1)15-22-12-13-24-17-10-11-19-18-8-4-5-9-20(18)23-21(19)14-17;10-9(11)7-3-1-2-6(4-7)8-5-12-8;1-2;;1-3-2;;/h1-14,17-18,29-30,33H,15-16,19-20H2;1-11,14,22-23H,12-13,15H2;1-4,8H,5H2;1H2;1H3;;;/q;;;3*-1;;. The second-order valence-electron chi connectivity index (χ2n) is 17.4. The fourth-order valence-electron chi connectivity index (χ4n) is 8.56. The number of hydrogen-bond acceptors (Lipinski definition) is 10. The Bertz CT molecular complexity index is 3450. The molecule has 2 atom stereocenters. The number of ether oxygens (including phenoxy) is 3. The van der Waals surface area contributed by atoms with Crippen LogP contribution in [0, 0.1) is 32.6 Å². The molecule has 80 heavy (non-hydrogen) atoms. The van der Waals surface area contributed by atoms with Gasteiger partial charge in [-0.1, -0.05) is 121 Å². The number of nitrogens with one attached hydrogen (secondary N) is 3. The number of benzene rings is 8. The smallest absolute Gasteiger partial charge is 0.269 e. The predicted octanol–water partition coefficient (Wildman–Crippen LogP) is 12.4. The number of hydrogen-bond donors (Lipinski definition) is 4. The van der Waals surface area contributed by atoms with Gasteiger partial charge in [0.1, 0.15) is 30.8 Å². The SMILES string of the molecule is I[I-]I.O=[N+]([O-])c1cccc(C(O)CN(CCOc2ccc3c(c2)[nH]c2ccccc23)Cc2ccccc2)c1.O=[N+]([O-])c1cccc(C2CO2)c1.[CH2-]I.[CH3-].[V].[V].c1ccc(CNCCOc2ccc3c(c2)[nH]c2ccccc23)cc1. The summed E-state index contributed by atoms with van der Waals surface area (Å²) in [5, 5.41) is 40.6. The Kier molecular flexibility index (Phi) is 30.9. The van der Waals surface area contributed by atoms with Gasteiger partial charge >= 0.3 is 50.5 Å². The Labute approximate surface area is 533 Å². The minimum Gasteiger partial charge on any atom is -0.492 e. The van der Waals surface area contributed by atoms with Crippen molar-refractivity contribution in [2.45, 2.75) is 25.3 Å². The van der Waals surface area contributed by atoms with Crippen LogP contribution < -0.4 is 28.0 Å². The van der Waals surface area contributed by atoms with Gasteiger partial charge in [0.15, 0.2) is 0 Å². The molecule has 2 radical (unpaired) electrons. The van der Waals surface area contributed by atoms with Crippen molar-refractivity contribution < 1.29 is 79.5 Å². The zero-order valence-corrected chi connectivity index (χ0v) is 55.0. The number of non-ortho nitro benzene ring substituents is 2. The van der Waals surface area contributed by atoms with E-state index < -0.39 is 16.0 Å². The van der Waals surface area contributed by atoms with Gasteiger partial charge in [-0.2, -0.15) is 0 Å². The quantitative estimate of drug-likeness (QED) is 0.0161. The Balaban J connectivity index is 0.000000269. The minimum atomic E-state index is -0.865. The number of aromatic amines is 2. The summed E-state index contributed by atoms with van der Waals surface area (Å²) in [7, 11) is 0. The number of halogens is 4. The molecule has 8 aromatic carbocycles. The van der Waals surface area contributed by atoms with Gasteiger partial charge in [0.05, 0.1) is 33.6 Å². The fourth-order valence-corrected chi connectivity index (χ4v) is 8.56. The van der Waals surface area contributed by atoms with E-state index in [4.69, 9.17) is 14.2 Å². The van der Waals surface area contributed by atoms with Crippen molar-refractivity contribution in [2.24, 2.45) is 0 Å². The second kappa shape index (κ2) is 36.3. The van der Waals surface area contributed by atoms with E-state index in [1.165, 1.54) is 39.9 Å². The van der Waals surface area contributed by atoms with E-state index in [1.807, 2.05) is 101 Å². The number of aliphatic hydroxyl groups excluding tert-OH is 1. The summed E-state index contributed by atoms with van der Waals surface area (Å²) in [4.78, 5) is 32.9. The first-order chi connectivity index (χ1) is 37.6. The van der Waals surface area contributed by atoms with Crippen molar-refractivity contribution in [3.8, 4) is 11.5 Å². The number of fused-ring (bicyclic) bond motifs is 6. The number of aromatic nitrogens is 2. The van der Waals surface area contributed by atoms with Gasteiger partial charge < -0.3 is 64.6 Å². The zero-order valence-electron chi connectivity index (χ0n) is 43.5. The molecule has 0 spiro atoms. The summed E-state index contributed by atoms with van der Waals surface area (Å²) in [6, 6.07) is 62.0. The van der Waals surface area contributed by atoms with Gasteiger partial charge in [-0.05, 0) is 58.7 Å². The van der Waals surface area contributed by atoms with Gasteiger partial charge in [0.25, 0.3) is 11.4 Å². The Morgan fingerprint density at radius 3 is 1.65 bits per heavy atom. The van der Waals surface area contributed by atoms with E-state index >= 15 is 0 Å². The van der Waals surface area contributed by atoms with Crippen molar-refractivity contribution in [3.63, 3.8) is 0 Å². The topological polar surface area (TPSA) is 184 Å². The summed E-state index contributed by atoms with van der Waals surface area (Å²) in [6.07, 6.45) is -0.777. The molecular weight excluding hydrogens is 1540 g/mol. The van der Waals surface area contributed by atoms with Crippen LogP contribution in [-0.2, 0) is 54.9 Å². The van der Waals surface area contributed by atoms with Crippen molar-refractivity contribution >= 4 is 115 Å². The Hall–Kier alpha value is -4.31. The van der Waals surface area contributed by atoms with Crippen molar-refractivity contribution in [3.05, 3.63) is 249 Å². The molecule has 11 rings (SSSR count). The molecule has 14 nitrogen and oxygen atoms in total. The molecule has 418 valence electrons. The number of nitro groups is 2. The fraction of sp³-hybridized carbons (Fsp3) is 0.167.